The molecule has 15 heavy (non-hydrogen) atoms. The van der Waals surface area contributed by atoms with Gasteiger partial charge in [0, 0.05) is 6.20 Å². The van der Waals surface area contributed by atoms with Crippen molar-refractivity contribution in [2.75, 3.05) is 17.6 Å². The molecule has 0 radical (unpaired) electrons. The standard InChI is InChI=1S/C8H12N6O/c1-4(15)5-2-13-8(11)14-7(5)12-3-6(9)10/h2H,3H2,1H3,(H3,9,10)(H3,11,12,13,14). The smallest absolute Gasteiger partial charge is 0.221 e. The van der Waals surface area contributed by atoms with Crippen LogP contribution in [-0.4, -0.2) is 28.1 Å². The van der Waals surface area contributed by atoms with E-state index in [1.54, 1.807) is 0 Å². The Morgan fingerprint density at radius 1 is 1.67 bits per heavy atom. The van der Waals surface area contributed by atoms with Crippen LogP contribution in [0.4, 0.5) is 11.8 Å². The van der Waals surface area contributed by atoms with Gasteiger partial charge in [-0.05, 0) is 6.92 Å². The Morgan fingerprint density at radius 3 is 2.87 bits per heavy atom. The summed E-state index contributed by atoms with van der Waals surface area (Å²) in [5.74, 6) is 0.124. The van der Waals surface area contributed by atoms with E-state index in [2.05, 4.69) is 15.3 Å². The molecule has 0 aliphatic carbocycles. The summed E-state index contributed by atoms with van der Waals surface area (Å²) in [5.41, 5.74) is 10.9. The summed E-state index contributed by atoms with van der Waals surface area (Å²) in [4.78, 5) is 18.7. The van der Waals surface area contributed by atoms with Crippen molar-refractivity contribution in [1.29, 1.82) is 5.41 Å². The maximum atomic E-state index is 11.2. The topological polar surface area (TPSA) is 131 Å². The number of aromatic nitrogens is 2. The van der Waals surface area contributed by atoms with E-state index in [0.29, 0.717) is 11.4 Å². The zero-order chi connectivity index (χ0) is 11.4. The highest BCUT2D eigenvalue weighted by atomic mass is 16.1. The predicted molar refractivity (Wildman–Crippen MR) is 56.9 cm³/mol. The van der Waals surface area contributed by atoms with Crippen LogP contribution in [0.3, 0.4) is 0 Å². The Labute approximate surface area is 86.4 Å². The Balaban J connectivity index is 2.96. The van der Waals surface area contributed by atoms with Gasteiger partial charge in [0.15, 0.2) is 5.78 Å². The largest absolute Gasteiger partial charge is 0.386 e. The number of amidine groups is 1. The summed E-state index contributed by atoms with van der Waals surface area (Å²) in [5, 5.41) is 9.76. The molecule has 0 unspecified atom stereocenters. The number of nitrogens with zero attached hydrogens (tertiary/aromatic N) is 2. The number of hydrogen-bond donors (Lipinski definition) is 4. The number of anilines is 2. The molecule has 0 saturated heterocycles. The molecular weight excluding hydrogens is 196 g/mol. The molecule has 0 bridgehead atoms. The van der Waals surface area contributed by atoms with Crippen LogP contribution >= 0.6 is 0 Å². The van der Waals surface area contributed by atoms with Crippen molar-refractivity contribution in [2.24, 2.45) is 5.73 Å². The van der Waals surface area contributed by atoms with Gasteiger partial charge < -0.3 is 16.8 Å². The monoisotopic (exact) mass is 208 g/mol. The van der Waals surface area contributed by atoms with Crippen molar-refractivity contribution in [3.63, 3.8) is 0 Å². The van der Waals surface area contributed by atoms with E-state index in [1.807, 2.05) is 0 Å². The van der Waals surface area contributed by atoms with Crippen LogP contribution in [0.25, 0.3) is 0 Å². The molecule has 80 valence electrons. The number of hydrogen-bond acceptors (Lipinski definition) is 6. The Bertz CT molecular complexity index is 402. The van der Waals surface area contributed by atoms with Crippen molar-refractivity contribution < 1.29 is 4.79 Å². The second-order valence-corrected chi connectivity index (χ2v) is 2.93. The molecule has 0 aromatic carbocycles. The van der Waals surface area contributed by atoms with E-state index in [4.69, 9.17) is 16.9 Å². The van der Waals surface area contributed by atoms with Gasteiger partial charge in [-0.15, -0.1) is 0 Å². The molecule has 0 fully saturated rings. The number of rotatable bonds is 4. The summed E-state index contributed by atoms with van der Waals surface area (Å²) >= 11 is 0. The first-order chi connectivity index (χ1) is 7.00. The van der Waals surface area contributed by atoms with Crippen LogP contribution in [0, 0.1) is 5.41 Å². The van der Waals surface area contributed by atoms with Crippen molar-refractivity contribution in [1.82, 2.24) is 9.97 Å². The quantitative estimate of drug-likeness (QED) is 0.303. The van der Waals surface area contributed by atoms with Gasteiger partial charge in [-0.3, -0.25) is 10.2 Å². The van der Waals surface area contributed by atoms with Crippen LogP contribution < -0.4 is 16.8 Å². The van der Waals surface area contributed by atoms with E-state index in [1.165, 1.54) is 13.1 Å². The van der Waals surface area contributed by atoms with Crippen LogP contribution in [0.5, 0.6) is 0 Å². The van der Waals surface area contributed by atoms with Gasteiger partial charge in [0.2, 0.25) is 5.95 Å². The molecule has 0 atom stereocenters. The number of ketones is 1. The molecule has 0 spiro atoms. The maximum Gasteiger partial charge on any atom is 0.221 e. The van der Waals surface area contributed by atoms with Crippen LogP contribution in [0.2, 0.25) is 0 Å². The Hall–Kier alpha value is -2.18. The molecule has 7 nitrogen and oxygen atoms in total. The Morgan fingerprint density at radius 2 is 2.33 bits per heavy atom. The number of carbonyl (C=O) groups is 1. The lowest BCUT2D eigenvalue weighted by Crippen LogP contribution is -2.22. The zero-order valence-corrected chi connectivity index (χ0v) is 8.24. The first-order valence-electron chi connectivity index (χ1n) is 4.21. The molecule has 1 rings (SSSR count). The maximum absolute atomic E-state index is 11.2. The van der Waals surface area contributed by atoms with Crippen LogP contribution in [0.15, 0.2) is 6.20 Å². The summed E-state index contributed by atoms with van der Waals surface area (Å²) in [6.45, 7) is 1.50. The van der Waals surface area contributed by atoms with Crippen molar-refractivity contribution in [3.8, 4) is 0 Å². The fourth-order valence-corrected chi connectivity index (χ4v) is 0.967. The SMILES string of the molecule is CC(=O)c1cnc(N)nc1NCC(=N)N. The number of Topliss-reactive ketones (excluding diaryl/α,β-unsaturated/α-hetero) is 1. The van der Waals surface area contributed by atoms with E-state index < -0.39 is 0 Å². The summed E-state index contributed by atoms with van der Waals surface area (Å²) < 4.78 is 0. The first-order valence-corrected chi connectivity index (χ1v) is 4.21. The van der Waals surface area contributed by atoms with Crippen molar-refractivity contribution >= 4 is 23.4 Å². The minimum absolute atomic E-state index is 0.0540. The molecule has 1 heterocycles. The average molecular weight is 208 g/mol. The minimum Gasteiger partial charge on any atom is -0.386 e. The number of nitrogens with two attached hydrogens (primary N) is 2. The van der Waals surface area contributed by atoms with E-state index in [9.17, 15) is 4.79 Å². The second-order valence-electron chi connectivity index (χ2n) is 2.93. The van der Waals surface area contributed by atoms with E-state index in [-0.39, 0.29) is 24.1 Å². The van der Waals surface area contributed by atoms with Crippen LogP contribution in [-0.2, 0) is 0 Å². The van der Waals surface area contributed by atoms with Gasteiger partial charge in [-0.25, -0.2) is 4.98 Å². The molecule has 0 aliphatic rings. The first kappa shape index (κ1) is 10.9. The van der Waals surface area contributed by atoms with Gasteiger partial charge >= 0.3 is 0 Å². The Kier molecular flexibility index (Phi) is 3.17. The zero-order valence-electron chi connectivity index (χ0n) is 8.24. The summed E-state index contributed by atoms with van der Waals surface area (Å²) in [6.07, 6.45) is 1.34. The normalized spacial score (nSPS) is 9.67. The number of nitrogens with one attached hydrogen (secondary N) is 2. The number of carbonyl (C=O) groups excluding carboxylic acids is 1. The predicted octanol–water partition coefficient (Wildman–Crippen LogP) is -0.391. The van der Waals surface area contributed by atoms with Crippen molar-refractivity contribution in [2.45, 2.75) is 6.92 Å². The summed E-state index contributed by atoms with van der Waals surface area (Å²) in [6, 6.07) is 0. The lowest BCUT2D eigenvalue weighted by molar-refractivity contribution is 0.101. The molecule has 1 aromatic heterocycles. The average Bonchev–Trinajstić information content (AvgIpc) is 2.14. The molecule has 6 N–H and O–H groups in total. The van der Waals surface area contributed by atoms with E-state index in [0.717, 1.165) is 0 Å². The van der Waals surface area contributed by atoms with Gasteiger partial charge in [0.1, 0.15) is 11.7 Å². The van der Waals surface area contributed by atoms with Crippen LogP contribution in [0.1, 0.15) is 17.3 Å². The van der Waals surface area contributed by atoms with Gasteiger partial charge in [0.25, 0.3) is 0 Å². The molecule has 0 amide bonds. The highest BCUT2D eigenvalue weighted by Gasteiger charge is 2.09. The molecule has 0 aliphatic heterocycles. The fraction of sp³-hybridized carbons (Fsp3) is 0.250. The highest BCUT2D eigenvalue weighted by Crippen LogP contribution is 2.12. The second kappa shape index (κ2) is 4.36. The molecule has 7 heteroatoms. The van der Waals surface area contributed by atoms with Crippen molar-refractivity contribution in [3.05, 3.63) is 11.8 Å². The third-order valence-electron chi connectivity index (χ3n) is 1.63. The lowest BCUT2D eigenvalue weighted by Gasteiger charge is -2.08. The van der Waals surface area contributed by atoms with E-state index >= 15 is 0 Å². The highest BCUT2D eigenvalue weighted by molar-refractivity contribution is 5.99. The third kappa shape index (κ3) is 2.90. The van der Waals surface area contributed by atoms with Gasteiger partial charge in [0.05, 0.1) is 12.1 Å². The minimum atomic E-state index is -0.180. The lowest BCUT2D eigenvalue weighted by atomic mass is 10.2. The molecule has 0 saturated carbocycles. The summed E-state index contributed by atoms with van der Waals surface area (Å²) in [7, 11) is 0. The number of nitrogen functional groups attached to an aromatic ring is 1. The molecule has 1 aromatic rings. The molecular formula is C8H12N6O. The van der Waals surface area contributed by atoms with Gasteiger partial charge in [-0.2, -0.15) is 4.98 Å². The third-order valence-corrected chi connectivity index (χ3v) is 1.63. The fourth-order valence-electron chi connectivity index (χ4n) is 0.967. The van der Waals surface area contributed by atoms with Gasteiger partial charge in [-0.1, -0.05) is 0 Å².